The number of nitrogen functional groups attached to an aromatic ring is 1. The van der Waals surface area contributed by atoms with Crippen molar-refractivity contribution in [1.29, 1.82) is 0 Å². The number of alkyl halides is 3. The van der Waals surface area contributed by atoms with Gasteiger partial charge >= 0.3 is 6.18 Å². The second kappa shape index (κ2) is 10.0. The molecule has 0 radical (unpaired) electrons. The van der Waals surface area contributed by atoms with Gasteiger partial charge in [0, 0.05) is 24.2 Å². The fourth-order valence-electron chi connectivity index (χ4n) is 4.18. The van der Waals surface area contributed by atoms with E-state index in [1.807, 2.05) is 34.6 Å². The van der Waals surface area contributed by atoms with Gasteiger partial charge in [-0.05, 0) is 65.9 Å². The lowest BCUT2D eigenvalue weighted by Crippen LogP contribution is -2.47. The quantitative estimate of drug-likeness (QED) is 0.285. The molecule has 3 heterocycles. The van der Waals surface area contributed by atoms with Crippen LogP contribution in [0, 0.1) is 0 Å². The number of aromatic nitrogens is 3. The van der Waals surface area contributed by atoms with Gasteiger partial charge in [0.25, 0.3) is 5.56 Å². The summed E-state index contributed by atoms with van der Waals surface area (Å²) in [7, 11) is 0. The lowest BCUT2D eigenvalue weighted by atomic mass is 10.0. The van der Waals surface area contributed by atoms with Crippen LogP contribution < -0.4 is 16.6 Å². The molecule has 37 heavy (non-hydrogen) atoms. The first kappa shape index (κ1) is 25.1. The van der Waals surface area contributed by atoms with E-state index in [0.29, 0.717) is 36.2 Å². The molecule has 192 valence electrons. The third-order valence-electron chi connectivity index (χ3n) is 6.11. The molecule has 1 aliphatic heterocycles. The Morgan fingerprint density at radius 2 is 1.86 bits per heavy atom. The van der Waals surface area contributed by atoms with Crippen LogP contribution in [0.3, 0.4) is 0 Å². The number of aliphatic hydroxyl groups excluding tert-OH is 1. The Balaban J connectivity index is 1.19. The molecule has 1 saturated heterocycles. The van der Waals surface area contributed by atoms with Gasteiger partial charge in [0.05, 0.1) is 28.6 Å². The van der Waals surface area contributed by atoms with Crippen molar-refractivity contribution < 1.29 is 18.3 Å². The van der Waals surface area contributed by atoms with Crippen LogP contribution in [0.4, 0.5) is 24.9 Å². The van der Waals surface area contributed by atoms with E-state index in [1.165, 1.54) is 18.0 Å². The van der Waals surface area contributed by atoms with Gasteiger partial charge in [-0.1, -0.05) is 18.2 Å². The zero-order valence-corrected chi connectivity index (χ0v) is 20.2. The molecule has 12 heteroatoms. The van der Waals surface area contributed by atoms with E-state index in [4.69, 9.17) is 5.73 Å². The van der Waals surface area contributed by atoms with E-state index in [2.05, 4.69) is 20.3 Å². The van der Waals surface area contributed by atoms with Gasteiger partial charge < -0.3 is 16.2 Å². The number of anilines is 2. The number of rotatable bonds is 5. The van der Waals surface area contributed by atoms with Crippen LogP contribution in [0.15, 0.2) is 70.5 Å². The van der Waals surface area contributed by atoms with E-state index >= 15 is 0 Å². The SMILES string of the molecule is Nc1nc2ccc(-c3ccc(SN4CCC(Nc5ccc(C(F)(F)F)cn5)C(O)C4)cc3)cc2c(=O)[nH]1. The molecule has 0 aliphatic carbocycles. The van der Waals surface area contributed by atoms with E-state index in [-0.39, 0.29) is 17.5 Å². The van der Waals surface area contributed by atoms with Crippen LogP contribution in [-0.4, -0.2) is 49.6 Å². The molecule has 8 nitrogen and oxygen atoms in total. The molecular formula is C25H23F3N6O2S. The number of nitrogens with zero attached hydrogens (tertiary/aromatic N) is 3. The average Bonchev–Trinajstić information content (AvgIpc) is 2.86. The number of H-pyrrole nitrogens is 1. The maximum Gasteiger partial charge on any atom is 0.417 e. The van der Waals surface area contributed by atoms with Gasteiger partial charge in [-0.25, -0.2) is 14.3 Å². The second-order valence-corrected chi connectivity index (χ2v) is 9.89. The normalized spacial score (nSPS) is 18.7. The summed E-state index contributed by atoms with van der Waals surface area (Å²) in [6.07, 6.45) is -3.78. The highest BCUT2D eigenvalue weighted by Gasteiger charge is 2.31. The zero-order chi connectivity index (χ0) is 26.2. The average molecular weight is 529 g/mol. The Morgan fingerprint density at radius 3 is 2.54 bits per heavy atom. The largest absolute Gasteiger partial charge is 0.417 e. The number of benzene rings is 2. The van der Waals surface area contributed by atoms with Crippen LogP contribution in [0.2, 0.25) is 0 Å². The number of halogens is 3. The van der Waals surface area contributed by atoms with Gasteiger partial charge in [-0.3, -0.25) is 9.78 Å². The molecule has 5 N–H and O–H groups in total. The van der Waals surface area contributed by atoms with Gasteiger partial charge in [0.2, 0.25) is 5.95 Å². The van der Waals surface area contributed by atoms with Gasteiger partial charge in [-0.2, -0.15) is 13.2 Å². The van der Waals surface area contributed by atoms with Crippen molar-refractivity contribution in [3.05, 3.63) is 76.7 Å². The molecule has 4 aromatic rings. The molecule has 2 unspecified atom stereocenters. The molecule has 2 aromatic carbocycles. The summed E-state index contributed by atoms with van der Waals surface area (Å²) in [5, 5.41) is 14.1. The van der Waals surface area contributed by atoms with Crippen LogP contribution in [-0.2, 0) is 6.18 Å². The van der Waals surface area contributed by atoms with Crippen molar-refractivity contribution in [3.8, 4) is 11.1 Å². The van der Waals surface area contributed by atoms with Crippen molar-refractivity contribution >= 4 is 34.6 Å². The van der Waals surface area contributed by atoms with Gasteiger partial charge in [0.15, 0.2) is 0 Å². The minimum atomic E-state index is -4.44. The van der Waals surface area contributed by atoms with Gasteiger partial charge in [0.1, 0.15) is 5.82 Å². The number of aromatic amines is 1. The monoisotopic (exact) mass is 528 g/mol. The van der Waals surface area contributed by atoms with Crippen LogP contribution in [0.1, 0.15) is 12.0 Å². The number of β-amino-alcohol motifs (C(OH)–C–C–N with tert-alkyl or cyclic N) is 1. The Bertz CT molecular complexity index is 1460. The van der Waals surface area contributed by atoms with E-state index in [9.17, 15) is 23.1 Å². The van der Waals surface area contributed by atoms with Crippen LogP contribution in [0.25, 0.3) is 22.0 Å². The van der Waals surface area contributed by atoms with Crippen molar-refractivity contribution in [2.45, 2.75) is 29.6 Å². The Labute approximate surface area is 213 Å². The Hall–Kier alpha value is -3.61. The number of hydrogen-bond acceptors (Lipinski definition) is 8. The summed E-state index contributed by atoms with van der Waals surface area (Å²) >= 11 is 1.52. The predicted molar refractivity (Wildman–Crippen MR) is 137 cm³/mol. The minimum absolute atomic E-state index is 0.0767. The summed E-state index contributed by atoms with van der Waals surface area (Å²) in [4.78, 5) is 23.7. The first-order valence-electron chi connectivity index (χ1n) is 11.5. The molecule has 1 fully saturated rings. The number of fused-ring (bicyclic) bond motifs is 1. The number of piperidine rings is 1. The van der Waals surface area contributed by atoms with Crippen molar-refractivity contribution in [1.82, 2.24) is 19.3 Å². The highest BCUT2D eigenvalue weighted by Crippen LogP contribution is 2.31. The fourth-order valence-corrected chi connectivity index (χ4v) is 5.16. The van der Waals surface area contributed by atoms with Crippen molar-refractivity contribution in [2.75, 3.05) is 24.1 Å². The summed E-state index contributed by atoms with van der Waals surface area (Å²) in [5.74, 6) is 0.372. The Morgan fingerprint density at radius 1 is 1.11 bits per heavy atom. The fraction of sp³-hybridized carbons (Fsp3) is 0.240. The highest BCUT2D eigenvalue weighted by atomic mass is 32.2. The van der Waals surface area contributed by atoms with Crippen LogP contribution >= 0.6 is 11.9 Å². The predicted octanol–water partition coefficient (Wildman–Crippen LogP) is 4.14. The molecule has 2 atom stereocenters. The first-order chi connectivity index (χ1) is 17.7. The van der Waals surface area contributed by atoms with E-state index < -0.39 is 17.8 Å². The van der Waals surface area contributed by atoms with Crippen molar-refractivity contribution in [2.24, 2.45) is 0 Å². The maximum absolute atomic E-state index is 12.7. The summed E-state index contributed by atoms with van der Waals surface area (Å²) < 4.78 is 40.2. The summed E-state index contributed by atoms with van der Waals surface area (Å²) in [6, 6.07) is 15.2. The third kappa shape index (κ3) is 5.71. The number of nitrogens with one attached hydrogen (secondary N) is 2. The van der Waals surface area contributed by atoms with Crippen LogP contribution in [0.5, 0.6) is 0 Å². The van der Waals surface area contributed by atoms with Gasteiger partial charge in [-0.15, -0.1) is 0 Å². The molecule has 0 saturated carbocycles. The number of hydrogen-bond donors (Lipinski definition) is 4. The highest BCUT2D eigenvalue weighted by molar-refractivity contribution is 7.97. The summed E-state index contributed by atoms with van der Waals surface area (Å²) in [6.45, 7) is 1.06. The second-order valence-electron chi connectivity index (χ2n) is 8.72. The van der Waals surface area contributed by atoms with E-state index in [1.54, 1.807) is 12.1 Å². The molecule has 2 aromatic heterocycles. The molecule has 5 rings (SSSR count). The minimum Gasteiger partial charge on any atom is -0.390 e. The molecule has 0 amide bonds. The molecule has 0 bridgehead atoms. The van der Waals surface area contributed by atoms with E-state index in [0.717, 1.165) is 28.3 Å². The van der Waals surface area contributed by atoms with Crippen molar-refractivity contribution in [3.63, 3.8) is 0 Å². The third-order valence-corrected chi connectivity index (χ3v) is 7.19. The molecule has 1 aliphatic rings. The number of nitrogens with two attached hydrogens (primary N) is 1. The standard InChI is InChI=1S/C25H23F3N6O2S/c26-25(27,28)16-4-8-22(30-12-16)31-20-9-10-34(13-21(20)35)37-17-5-1-14(2-6-17)15-3-7-19-18(11-15)23(36)33-24(29)32-19/h1-8,11-12,20-21,35H,9-10,13H2,(H,30,31)(H3,29,32,33,36). The number of aliphatic hydroxyl groups is 1. The first-order valence-corrected chi connectivity index (χ1v) is 12.2. The molecule has 0 spiro atoms. The molecular weight excluding hydrogens is 505 g/mol. The maximum atomic E-state index is 12.7. The topological polar surface area (TPSA) is 120 Å². The lowest BCUT2D eigenvalue weighted by Gasteiger charge is -2.35. The Kier molecular flexibility index (Phi) is 6.80. The zero-order valence-electron chi connectivity index (χ0n) is 19.4. The lowest BCUT2D eigenvalue weighted by molar-refractivity contribution is -0.137. The smallest absolute Gasteiger partial charge is 0.390 e. The summed E-state index contributed by atoms with van der Waals surface area (Å²) in [5.41, 5.74) is 6.85. The number of pyridine rings is 1.